The lowest BCUT2D eigenvalue weighted by Gasteiger charge is -2.71. The highest BCUT2D eigenvalue weighted by molar-refractivity contribution is 5.47. The quantitative estimate of drug-likeness (QED) is 0.256. The number of nitrogens with zero attached hydrogens (tertiary/aromatic N) is 1. The summed E-state index contributed by atoms with van der Waals surface area (Å²) in [7, 11) is 2.00. The first-order valence-electron chi connectivity index (χ1n) is 13.0. The van der Waals surface area contributed by atoms with Crippen molar-refractivity contribution < 1.29 is 0 Å². The maximum absolute atomic E-state index is 4.49. The van der Waals surface area contributed by atoms with Crippen LogP contribution in [0.5, 0.6) is 0 Å². The minimum atomic E-state index is 0.727. The molecule has 0 saturated heterocycles. The van der Waals surface area contributed by atoms with Crippen molar-refractivity contribution in [1.82, 2.24) is 4.90 Å². The Kier molecular flexibility index (Phi) is 11.5. The Hall–Kier alpha value is -1.76. The van der Waals surface area contributed by atoms with Gasteiger partial charge in [0.25, 0.3) is 0 Å². The third kappa shape index (κ3) is 5.97. The predicted molar refractivity (Wildman–Crippen MR) is 145 cm³/mol. The molecule has 180 valence electrons. The summed E-state index contributed by atoms with van der Waals surface area (Å²) in [6.07, 6.45) is 18.3. The lowest BCUT2D eigenvalue weighted by Crippen LogP contribution is -2.63. The van der Waals surface area contributed by atoms with Crippen LogP contribution in [0.4, 0.5) is 0 Å². The Morgan fingerprint density at radius 3 is 1.97 bits per heavy atom. The molecule has 0 aliphatic heterocycles. The summed E-state index contributed by atoms with van der Waals surface area (Å²) >= 11 is 0. The molecule has 2 unspecified atom stereocenters. The normalized spacial score (nSPS) is 30.7. The van der Waals surface area contributed by atoms with Gasteiger partial charge in [-0.1, -0.05) is 72.1 Å². The molecule has 1 heteroatoms. The fourth-order valence-corrected chi connectivity index (χ4v) is 6.20. The second-order valence-corrected chi connectivity index (χ2v) is 9.68. The van der Waals surface area contributed by atoms with Gasteiger partial charge in [-0.15, -0.1) is 0 Å². The minimum Gasteiger partial charge on any atom is -0.358 e. The van der Waals surface area contributed by atoms with Crippen LogP contribution in [-0.2, 0) is 0 Å². The zero-order chi connectivity index (χ0) is 24.5. The van der Waals surface area contributed by atoms with Crippen molar-refractivity contribution in [2.45, 2.75) is 87.0 Å². The van der Waals surface area contributed by atoms with Crippen molar-refractivity contribution in [1.29, 1.82) is 0 Å². The van der Waals surface area contributed by atoms with E-state index in [1.807, 2.05) is 51.9 Å². The van der Waals surface area contributed by atoms with Crippen LogP contribution in [0.2, 0.25) is 0 Å². The highest BCUT2D eigenvalue weighted by Gasteiger charge is 2.65. The topological polar surface area (TPSA) is 3.24 Å². The molecule has 0 radical (unpaired) electrons. The molecule has 32 heavy (non-hydrogen) atoms. The van der Waals surface area contributed by atoms with E-state index < -0.39 is 0 Å². The van der Waals surface area contributed by atoms with E-state index in [2.05, 4.69) is 58.9 Å². The Balaban J connectivity index is 0.00000121. The smallest absolute Gasteiger partial charge is 0.0106 e. The van der Waals surface area contributed by atoms with Gasteiger partial charge in [-0.2, -0.15) is 0 Å². The molecule has 3 aliphatic rings. The first kappa shape index (κ1) is 28.3. The van der Waals surface area contributed by atoms with Crippen LogP contribution in [0, 0.1) is 29.1 Å². The van der Waals surface area contributed by atoms with Crippen LogP contribution in [0.3, 0.4) is 0 Å². The van der Waals surface area contributed by atoms with Crippen molar-refractivity contribution in [2.24, 2.45) is 29.1 Å². The Labute approximate surface area is 200 Å². The monoisotopic (exact) mass is 437 g/mol. The zero-order valence-corrected chi connectivity index (χ0v) is 22.5. The zero-order valence-electron chi connectivity index (χ0n) is 22.5. The van der Waals surface area contributed by atoms with E-state index in [-0.39, 0.29) is 0 Å². The molecular weight excluding hydrogens is 386 g/mol. The molecule has 0 N–H and O–H groups in total. The average molecular weight is 438 g/mol. The maximum atomic E-state index is 4.49. The van der Waals surface area contributed by atoms with E-state index in [4.69, 9.17) is 0 Å². The van der Waals surface area contributed by atoms with Gasteiger partial charge in [-0.25, -0.2) is 0 Å². The van der Waals surface area contributed by atoms with Crippen LogP contribution < -0.4 is 0 Å². The molecule has 0 bridgehead atoms. The summed E-state index contributed by atoms with van der Waals surface area (Å²) in [5, 5.41) is 0. The van der Waals surface area contributed by atoms with Gasteiger partial charge in [-0.3, -0.25) is 0 Å². The van der Waals surface area contributed by atoms with E-state index in [0.29, 0.717) is 0 Å². The molecule has 0 aromatic rings. The van der Waals surface area contributed by atoms with E-state index in [9.17, 15) is 0 Å². The van der Waals surface area contributed by atoms with Crippen LogP contribution in [-0.4, -0.2) is 11.9 Å². The van der Waals surface area contributed by atoms with Gasteiger partial charge in [0.1, 0.15) is 0 Å². The van der Waals surface area contributed by atoms with E-state index in [0.717, 1.165) is 35.5 Å². The van der Waals surface area contributed by atoms with Crippen molar-refractivity contribution in [2.75, 3.05) is 7.05 Å². The second kappa shape index (κ2) is 13.1. The number of allylic oxidation sites excluding steroid dienone is 7. The number of rotatable bonds is 9. The fraction of sp³-hybridized carbons (Fsp3) is 0.613. The Morgan fingerprint density at radius 2 is 1.53 bits per heavy atom. The van der Waals surface area contributed by atoms with Gasteiger partial charge in [0.05, 0.1) is 0 Å². The molecule has 0 aromatic heterocycles. The Bertz CT molecular complexity index is 716. The number of hydrogen-bond acceptors (Lipinski definition) is 1. The summed E-state index contributed by atoms with van der Waals surface area (Å²) in [6, 6.07) is 0. The van der Waals surface area contributed by atoms with Gasteiger partial charge in [-0.05, 0) is 110 Å². The molecule has 0 heterocycles. The SMILES string of the molecule is C=C/C(C)=C(\C=C/N(C)C=C)C(=C\C)/CC(=C)CC1CC2CC3CC(C1)C23C.CC.CC. The van der Waals surface area contributed by atoms with Crippen LogP contribution >= 0.6 is 0 Å². The van der Waals surface area contributed by atoms with E-state index in [1.165, 1.54) is 54.4 Å². The Morgan fingerprint density at radius 1 is 1.00 bits per heavy atom. The van der Waals surface area contributed by atoms with Crippen molar-refractivity contribution in [3.8, 4) is 0 Å². The van der Waals surface area contributed by atoms with Gasteiger partial charge >= 0.3 is 0 Å². The highest BCUT2D eigenvalue weighted by Crippen LogP contribution is 2.73. The van der Waals surface area contributed by atoms with Crippen LogP contribution in [0.25, 0.3) is 0 Å². The average Bonchev–Trinajstić information content (AvgIpc) is 2.81. The maximum Gasteiger partial charge on any atom is 0.0106 e. The number of hydrogen-bond donors (Lipinski definition) is 0. The molecule has 0 amide bonds. The summed E-state index contributed by atoms with van der Waals surface area (Å²) in [4.78, 5) is 1.97. The van der Waals surface area contributed by atoms with E-state index in [1.54, 1.807) is 0 Å². The second-order valence-electron chi connectivity index (χ2n) is 9.68. The summed E-state index contributed by atoms with van der Waals surface area (Å²) in [5.41, 5.74) is 5.92. The van der Waals surface area contributed by atoms with Crippen molar-refractivity contribution >= 4 is 0 Å². The standard InChI is InChI=1S/C27H39N.2C2H6/c1-8-20(5)26(11-12-28(7)10-3)22(9-2)14-19(4)13-21-15-23-17-25-18-24(16-21)27(23,25)6;2*1-2/h8-12,21,23-25H,1,3-4,13-18H2,2,5-7H3;2*1-2H3/b12-11-,22-9-,26-20+;;. The first-order valence-corrected chi connectivity index (χ1v) is 13.0. The fourth-order valence-electron chi connectivity index (χ4n) is 6.20. The minimum absolute atomic E-state index is 0.727. The van der Waals surface area contributed by atoms with Gasteiger partial charge in [0, 0.05) is 13.2 Å². The molecule has 3 saturated carbocycles. The lowest BCUT2D eigenvalue weighted by atomic mass is 9.34. The van der Waals surface area contributed by atoms with Crippen molar-refractivity contribution in [3.05, 3.63) is 72.7 Å². The largest absolute Gasteiger partial charge is 0.358 e. The molecule has 1 nitrogen and oxygen atoms in total. The predicted octanol–water partition coefficient (Wildman–Crippen LogP) is 9.49. The van der Waals surface area contributed by atoms with Crippen LogP contribution in [0.15, 0.2) is 72.7 Å². The molecule has 0 spiro atoms. The summed E-state index contributed by atoms with van der Waals surface area (Å²) < 4.78 is 0. The molecule has 3 aliphatic carbocycles. The van der Waals surface area contributed by atoms with Crippen LogP contribution in [0.1, 0.15) is 87.0 Å². The van der Waals surface area contributed by atoms with E-state index >= 15 is 0 Å². The summed E-state index contributed by atoms with van der Waals surface area (Å²) in [5.74, 6) is 3.92. The summed E-state index contributed by atoms with van der Waals surface area (Å²) in [6.45, 7) is 27.1. The molecular formula is C31H51N. The lowest BCUT2D eigenvalue weighted by molar-refractivity contribution is -0.221. The molecule has 0 aromatic carbocycles. The van der Waals surface area contributed by atoms with Gasteiger partial charge in [0.15, 0.2) is 0 Å². The molecule has 3 rings (SSSR count). The first-order chi connectivity index (χ1) is 15.3. The molecule has 3 fully saturated rings. The third-order valence-corrected chi connectivity index (χ3v) is 8.22. The van der Waals surface area contributed by atoms with Gasteiger partial charge in [0.2, 0.25) is 0 Å². The third-order valence-electron chi connectivity index (χ3n) is 8.22. The van der Waals surface area contributed by atoms with Crippen molar-refractivity contribution in [3.63, 3.8) is 0 Å². The highest BCUT2D eigenvalue weighted by atomic mass is 15.0. The van der Waals surface area contributed by atoms with Gasteiger partial charge < -0.3 is 4.90 Å². The molecule has 2 atom stereocenters.